The Labute approximate surface area is 114 Å². The second kappa shape index (κ2) is 5.83. The minimum Gasteiger partial charge on any atom is -0.398 e. The first-order valence-electron chi connectivity index (χ1n) is 6.45. The molecule has 0 aliphatic carbocycles. The van der Waals surface area contributed by atoms with E-state index in [0.29, 0.717) is 13.2 Å². The third-order valence-electron chi connectivity index (χ3n) is 3.50. The van der Waals surface area contributed by atoms with Crippen LogP contribution in [0.25, 0.3) is 0 Å². The van der Waals surface area contributed by atoms with Gasteiger partial charge < -0.3 is 10.5 Å². The van der Waals surface area contributed by atoms with E-state index in [-0.39, 0.29) is 29.4 Å². The van der Waals surface area contributed by atoms with Gasteiger partial charge in [0.1, 0.15) is 0 Å². The predicted molar refractivity (Wildman–Crippen MR) is 68.3 cm³/mol. The molecule has 1 saturated heterocycles. The molecule has 2 N–H and O–H groups in total. The van der Waals surface area contributed by atoms with E-state index >= 15 is 0 Å². The molecule has 0 bridgehead atoms. The van der Waals surface area contributed by atoms with Crippen LogP contribution in [0, 0.1) is 5.92 Å². The Hall–Kier alpha value is -1.56. The molecular formula is C14H16F3NO2. The van der Waals surface area contributed by atoms with Crippen LogP contribution in [0.5, 0.6) is 0 Å². The van der Waals surface area contributed by atoms with Gasteiger partial charge in [-0.1, -0.05) is 0 Å². The minimum absolute atomic E-state index is 0.0358. The number of alkyl halides is 3. The van der Waals surface area contributed by atoms with Gasteiger partial charge in [0, 0.05) is 30.9 Å². The second-order valence-electron chi connectivity index (χ2n) is 4.98. The van der Waals surface area contributed by atoms with Crippen LogP contribution in [0.15, 0.2) is 18.2 Å². The number of nitrogen functional groups attached to an aromatic ring is 1. The van der Waals surface area contributed by atoms with Gasteiger partial charge in [0.15, 0.2) is 5.78 Å². The first-order chi connectivity index (χ1) is 9.38. The summed E-state index contributed by atoms with van der Waals surface area (Å²) in [6.45, 7) is 1.19. The zero-order chi connectivity index (χ0) is 14.8. The molecule has 20 heavy (non-hydrogen) atoms. The van der Waals surface area contributed by atoms with Crippen molar-refractivity contribution in [3.05, 3.63) is 29.3 Å². The highest BCUT2D eigenvalue weighted by Crippen LogP contribution is 2.32. The first kappa shape index (κ1) is 14.8. The van der Waals surface area contributed by atoms with E-state index in [4.69, 9.17) is 10.5 Å². The number of benzene rings is 1. The molecule has 1 fully saturated rings. The minimum atomic E-state index is -4.47. The van der Waals surface area contributed by atoms with E-state index in [1.165, 1.54) is 0 Å². The molecule has 110 valence electrons. The number of Topliss-reactive ketones (excluding diaryl/α,β-unsaturated/α-hetero) is 1. The lowest BCUT2D eigenvalue weighted by Gasteiger charge is -2.21. The average molecular weight is 287 g/mol. The maximum atomic E-state index is 12.7. The van der Waals surface area contributed by atoms with E-state index in [1.807, 2.05) is 0 Å². The quantitative estimate of drug-likeness (QED) is 0.685. The van der Waals surface area contributed by atoms with Crippen LogP contribution in [-0.4, -0.2) is 19.0 Å². The number of anilines is 1. The molecule has 1 aromatic carbocycles. The number of halogens is 3. The topological polar surface area (TPSA) is 52.3 Å². The molecule has 1 aliphatic heterocycles. The van der Waals surface area contributed by atoms with Crippen molar-refractivity contribution in [2.75, 3.05) is 18.9 Å². The molecular weight excluding hydrogens is 271 g/mol. The Morgan fingerprint density at radius 1 is 1.30 bits per heavy atom. The molecule has 0 saturated carbocycles. The number of nitrogens with two attached hydrogens (primary N) is 1. The smallest absolute Gasteiger partial charge is 0.398 e. The molecule has 1 aromatic rings. The van der Waals surface area contributed by atoms with Crippen LogP contribution < -0.4 is 5.73 Å². The summed E-state index contributed by atoms with van der Waals surface area (Å²) in [4.78, 5) is 12.1. The zero-order valence-corrected chi connectivity index (χ0v) is 10.9. The van der Waals surface area contributed by atoms with E-state index in [9.17, 15) is 18.0 Å². The summed E-state index contributed by atoms with van der Waals surface area (Å²) in [5.74, 6) is -0.175. The van der Waals surface area contributed by atoms with E-state index < -0.39 is 11.7 Å². The van der Waals surface area contributed by atoms with Gasteiger partial charge in [0.05, 0.1) is 5.56 Å². The van der Waals surface area contributed by atoms with Crippen molar-refractivity contribution in [2.45, 2.75) is 25.4 Å². The van der Waals surface area contributed by atoms with Crippen LogP contribution in [0.4, 0.5) is 18.9 Å². The summed E-state index contributed by atoms with van der Waals surface area (Å²) in [6.07, 6.45) is -2.74. The third-order valence-corrected chi connectivity index (χ3v) is 3.50. The van der Waals surface area contributed by atoms with Crippen molar-refractivity contribution in [1.29, 1.82) is 0 Å². The van der Waals surface area contributed by atoms with E-state index in [1.54, 1.807) is 0 Å². The summed E-state index contributed by atoms with van der Waals surface area (Å²) in [6, 6.07) is 2.87. The largest absolute Gasteiger partial charge is 0.416 e. The lowest BCUT2D eigenvalue weighted by atomic mass is 9.91. The maximum absolute atomic E-state index is 12.7. The Bertz CT molecular complexity index is 494. The van der Waals surface area contributed by atoms with Gasteiger partial charge in [-0.3, -0.25) is 4.79 Å². The Morgan fingerprint density at radius 3 is 2.55 bits per heavy atom. The molecule has 0 atom stereocenters. The number of hydrogen-bond acceptors (Lipinski definition) is 3. The van der Waals surface area contributed by atoms with E-state index in [0.717, 1.165) is 31.0 Å². The molecule has 6 heteroatoms. The van der Waals surface area contributed by atoms with Gasteiger partial charge in [0.25, 0.3) is 0 Å². The lowest BCUT2D eigenvalue weighted by Crippen LogP contribution is -2.19. The monoisotopic (exact) mass is 287 g/mol. The summed E-state index contributed by atoms with van der Waals surface area (Å²) < 4.78 is 43.1. The normalized spacial score (nSPS) is 17.1. The Kier molecular flexibility index (Phi) is 4.32. The summed E-state index contributed by atoms with van der Waals surface area (Å²) in [5, 5.41) is 0. The van der Waals surface area contributed by atoms with Gasteiger partial charge in [0.2, 0.25) is 0 Å². The molecule has 3 nitrogen and oxygen atoms in total. The maximum Gasteiger partial charge on any atom is 0.416 e. The lowest BCUT2D eigenvalue weighted by molar-refractivity contribution is -0.137. The van der Waals surface area contributed by atoms with Crippen LogP contribution >= 0.6 is 0 Å². The summed E-state index contributed by atoms with van der Waals surface area (Å²) >= 11 is 0. The van der Waals surface area contributed by atoms with Crippen molar-refractivity contribution in [3.63, 3.8) is 0 Å². The molecule has 0 radical (unpaired) electrons. The zero-order valence-electron chi connectivity index (χ0n) is 10.9. The number of hydrogen-bond donors (Lipinski definition) is 1. The van der Waals surface area contributed by atoms with Crippen molar-refractivity contribution in [3.8, 4) is 0 Å². The number of carbonyl (C=O) groups excluding carboxylic acids is 1. The number of ketones is 1. The molecule has 0 unspecified atom stereocenters. The van der Waals surface area contributed by atoms with Gasteiger partial charge in [-0.05, 0) is 37.0 Å². The van der Waals surface area contributed by atoms with Gasteiger partial charge in [-0.2, -0.15) is 13.2 Å². The van der Waals surface area contributed by atoms with Crippen LogP contribution in [0.1, 0.15) is 35.2 Å². The van der Waals surface area contributed by atoms with Crippen molar-refractivity contribution in [1.82, 2.24) is 0 Å². The standard InChI is InChI=1S/C14H16F3NO2/c15-14(16,17)10-1-2-12(18)11(8-10)13(19)7-9-3-5-20-6-4-9/h1-2,8-9H,3-7,18H2. The summed E-state index contributed by atoms with van der Waals surface area (Å²) in [7, 11) is 0. The van der Waals surface area contributed by atoms with Crippen molar-refractivity contribution in [2.24, 2.45) is 5.92 Å². The van der Waals surface area contributed by atoms with Crippen LogP contribution in [0.2, 0.25) is 0 Å². The predicted octanol–water partition coefficient (Wildman–Crippen LogP) is 3.29. The van der Waals surface area contributed by atoms with E-state index in [2.05, 4.69) is 0 Å². The van der Waals surface area contributed by atoms with Crippen molar-refractivity contribution < 1.29 is 22.7 Å². The fraction of sp³-hybridized carbons (Fsp3) is 0.500. The second-order valence-corrected chi connectivity index (χ2v) is 4.98. The Balaban J connectivity index is 2.16. The number of ether oxygens (including phenoxy) is 1. The highest BCUT2D eigenvalue weighted by Gasteiger charge is 2.31. The highest BCUT2D eigenvalue weighted by atomic mass is 19.4. The number of rotatable bonds is 3. The fourth-order valence-corrected chi connectivity index (χ4v) is 2.30. The molecule has 1 aliphatic rings. The van der Waals surface area contributed by atoms with Gasteiger partial charge in [-0.15, -0.1) is 0 Å². The fourth-order valence-electron chi connectivity index (χ4n) is 2.30. The molecule has 0 amide bonds. The SMILES string of the molecule is Nc1ccc(C(F)(F)F)cc1C(=O)CC1CCOCC1. The molecule has 0 aromatic heterocycles. The molecule has 1 heterocycles. The average Bonchev–Trinajstić information content (AvgIpc) is 2.39. The van der Waals surface area contributed by atoms with Crippen LogP contribution in [0.3, 0.4) is 0 Å². The van der Waals surface area contributed by atoms with Gasteiger partial charge in [-0.25, -0.2) is 0 Å². The summed E-state index contributed by atoms with van der Waals surface area (Å²) in [5.41, 5.74) is 4.84. The first-order valence-corrected chi connectivity index (χ1v) is 6.45. The van der Waals surface area contributed by atoms with Crippen molar-refractivity contribution >= 4 is 11.5 Å². The highest BCUT2D eigenvalue weighted by molar-refractivity contribution is 6.01. The van der Waals surface area contributed by atoms with Crippen LogP contribution in [-0.2, 0) is 10.9 Å². The number of carbonyl (C=O) groups is 1. The third kappa shape index (κ3) is 3.50. The Morgan fingerprint density at radius 2 is 1.95 bits per heavy atom. The molecule has 2 rings (SSSR count). The van der Waals surface area contributed by atoms with Gasteiger partial charge >= 0.3 is 6.18 Å². The molecule has 0 spiro atoms.